The zero-order chi connectivity index (χ0) is 20.7. The molecule has 152 valence electrons. The van der Waals surface area contributed by atoms with Crippen LogP contribution in [0.25, 0.3) is 10.6 Å². The fourth-order valence-corrected chi connectivity index (χ4v) is 3.76. The van der Waals surface area contributed by atoms with Crippen molar-refractivity contribution in [1.29, 1.82) is 0 Å². The first kappa shape index (κ1) is 22.1. The molecule has 0 saturated carbocycles. The van der Waals surface area contributed by atoms with Gasteiger partial charge in [-0.15, -0.1) is 10.2 Å². The third-order valence-electron chi connectivity index (χ3n) is 3.26. The van der Waals surface area contributed by atoms with Crippen molar-refractivity contribution < 1.29 is 23.2 Å². The quantitative estimate of drug-likeness (QED) is 0.187. The Labute approximate surface area is 171 Å². The maximum absolute atomic E-state index is 11.5. The third-order valence-corrected chi connectivity index (χ3v) is 5.31. The first-order valence-corrected chi connectivity index (χ1v) is 10.1. The van der Waals surface area contributed by atoms with Crippen molar-refractivity contribution >= 4 is 51.0 Å². The highest BCUT2D eigenvalue weighted by Crippen LogP contribution is 2.36. The van der Waals surface area contributed by atoms with Crippen LogP contribution in [-0.4, -0.2) is 56.1 Å². The summed E-state index contributed by atoms with van der Waals surface area (Å²) in [6.07, 6.45) is 0. The number of rotatable bonds is 10. The van der Waals surface area contributed by atoms with Crippen LogP contribution in [0.4, 0.5) is 10.8 Å². The van der Waals surface area contributed by atoms with Gasteiger partial charge in [-0.05, 0) is 19.1 Å². The number of nitro groups is 1. The van der Waals surface area contributed by atoms with Crippen LogP contribution in [0.2, 0.25) is 5.02 Å². The molecule has 2 aromatic rings. The van der Waals surface area contributed by atoms with Gasteiger partial charge in [0.25, 0.3) is 5.69 Å². The summed E-state index contributed by atoms with van der Waals surface area (Å²) in [5, 5.41) is 22.0. The number of hydrogen-bond donors (Lipinski definition) is 1. The molecule has 1 aromatic heterocycles. The Kier molecular flexibility index (Phi) is 8.19. The minimum absolute atomic E-state index is 0.0210. The van der Waals surface area contributed by atoms with Gasteiger partial charge in [0, 0.05) is 35.4 Å². The zero-order valence-electron chi connectivity index (χ0n) is 14.5. The highest BCUT2D eigenvalue weighted by atomic mass is 35.5. The van der Waals surface area contributed by atoms with E-state index in [2.05, 4.69) is 15.5 Å². The lowest BCUT2D eigenvalue weighted by Gasteiger charge is -2.22. The predicted molar refractivity (Wildman–Crippen MR) is 103 cm³/mol. The summed E-state index contributed by atoms with van der Waals surface area (Å²) < 4.78 is 28.7. The number of carbonyl (C=O) groups is 1. The Bertz CT molecular complexity index is 880. The van der Waals surface area contributed by atoms with Crippen LogP contribution in [0.15, 0.2) is 18.2 Å². The first-order valence-electron chi connectivity index (χ1n) is 7.84. The number of carbonyl (C=O) groups excluding carboxylic acids is 1. The number of aromatic nitrogens is 2. The number of esters is 1. The van der Waals surface area contributed by atoms with Crippen molar-refractivity contribution in [2.45, 2.75) is 6.92 Å². The molecule has 0 aliphatic heterocycles. The summed E-state index contributed by atoms with van der Waals surface area (Å²) >= 11 is 4.02. The normalized spacial score (nSPS) is 11.8. The van der Waals surface area contributed by atoms with Gasteiger partial charge in [0.05, 0.1) is 23.6 Å². The topological polar surface area (TPSA) is 151 Å². The van der Waals surface area contributed by atoms with E-state index < -0.39 is 22.2 Å². The molecule has 14 heteroatoms. The average molecular weight is 449 g/mol. The number of benzene rings is 1. The van der Waals surface area contributed by atoms with Gasteiger partial charge in [0.1, 0.15) is 0 Å². The predicted octanol–water partition coefficient (Wildman–Crippen LogP) is 1.52. The number of nitrogens with zero attached hydrogens (tertiary/aromatic N) is 4. The summed E-state index contributed by atoms with van der Waals surface area (Å²) in [5.41, 5.74) is -0.0867. The molecule has 1 unspecified atom stereocenters. The molecule has 0 spiro atoms. The molecule has 1 heterocycles. The van der Waals surface area contributed by atoms with Gasteiger partial charge in [-0.25, -0.2) is 0 Å². The minimum atomic E-state index is -2.65. The Morgan fingerprint density at radius 2 is 2.21 bits per heavy atom. The van der Waals surface area contributed by atoms with Gasteiger partial charge in [0.15, 0.2) is 5.01 Å². The van der Waals surface area contributed by atoms with Crippen LogP contribution in [0.5, 0.6) is 0 Å². The zero-order valence-corrected chi connectivity index (χ0v) is 16.9. The van der Waals surface area contributed by atoms with Crippen molar-refractivity contribution in [3.8, 4) is 10.6 Å². The monoisotopic (exact) mass is 448 g/mol. The van der Waals surface area contributed by atoms with Crippen LogP contribution in [0, 0.1) is 10.1 Å². The van der Waals surface area contributed by atoms with E-state index in [1.54, 1.807) is 6.92 Å². The molecule has 1 atom stereocenters. The first-order chi connectivity index (χ1) is 13.3. The van der Waals surface area contributed by atoms with Crippen molar-refractivity contribution in [3.63, 3.8) is 0 Å². The van der Waals surface area contributed by atoms with E-state index in [0.29, 0.717) is 0 Å². The lowest BCUT2D eigenvalue weighted by atomic mass is 10.2. The maximum atomic E-state index is 11.5. The third kappa shape index (κ3) is 5.90. The van der Waals surface area contributed by atoms with E-state index in [1.807, 2.05) is 0 Å². The molecule has 0 aliphatic rings. The molecule has 28 heavy (non-hydrogen) atoms. The molecule has 0 radical (unpaired) electrons. The van der Waals surface area contributed by atoms with Gasteiger partial charge in [-0.3, -0.25) is 23.4 Å². The highest BCUT2D eigenvalue weighted by Gasteiger charge is 2.21. The Morgan fingerprint density at radius 3 is 2.86 bits per heavy atom. The molecule has 11 nitrogen and oxygen atoms in total. The second-order valence-corrected chi connectivity index (χ2v) is 7.38. The SMILES string of the molecule is CCOC(=O)CNCCN(c1nnc(-c2ccc(Cl)cc2[N+](=O)[O-])s1)S(=O)[O-]. The average Bonchev–Trinajstić information content (AvgIpc) is 3.10. The lowest BCUT2D eigenvalue weighted by molar-refractivity contribution is -0.384. The number of ether oxygens (including phenoxy) is 1. The number of hydrogen-bond acceptors (Lipinski definition) is 10. The maximum Gasteiger partial charge on any atom is 0.319 e. The number of nitro benzene ring substituents is 1. The summed E-state index contributed by atoms with van der Waals surface area (Å²) in [6, 6.07) is 4.07. The van der Waals surface area contributed by atoms with Crippen LogP contribution in [-0.2, 0) is 20.8 Å². The van der Waals surface area contributed by atoms with E-state index in [-0.39, 0.29) is 52.7 Å². The highest BCUT2D eigenvalue weighted by molar-refractivity contribution is 7.80. The van der Waals surface area contributed by atoms with Crippen LogP contribution in [0.3, 0.4) is 0 Å². The second-order valence-electron chi connectivity index (χ2n) is 5.11. The summed E-state index contributed by atoms with van der Waals surface area (Å²) in [6.45, 7) is 2.00. The second kappa shape index (κ2) is 10.4. The molecule has 0 aliphatic carbocycles. The largest absolute Gasteiger partial charge is 0.755 e. The van der Waals surface area contributed by atoms with Crippen LogP contribution < -0.4 is 9.62 Å². The molecule has 1 N–H and O–H groups in total. The van der Waals surface area contributed by atoms with Crippen LogP contribution in [0.1, 0.15) is 6.92 Å². The Hall–Kier alpha value is -2.19. The summed E-state index contributed by atoms with van der Waals surface area (Å²) in [4.78, 5) is 21.9. The van der Waals surface area contributed by atoms with E-state index in [9.17, 15) is 23.7 Å². The molecular weight excluding hydrogens is 434 g/mol. The van der Waals surface area contributed by atoms with E-state index in [0.717, 1.165) is 15.6 Å². The molecule has 0 bridgehead atoms. The molecular formula is C14H15ClN5O6S2-. The van der Waals surface area contributed by atoms with E-state index in [1.165, 1.54) is 18.2 Å². The molecule has 1 aromatic carbocycles. The van der Waals surface area contributed by atoms with Gasteiger partial charge in [0.2, 0.25) is 5.13 Å². The summed E-state index contributed by atoms with van der Waals surface area (Å²) in [5.74, 6) is -0.453. The molecule has 0 fully saturated rings. The van der Waals surface area contributed by atoms with Crippen molar-refractivity contribution in [3.05, 3.63) is 33.3 Å². The number of anilines is 1. The standard InChI is InChI=1S/C14H16ClN5O6S2/c1-2-26-12(21)8-16-5-6-19(28(24)25)14-18-17-13(27-14)10-4-3-9(15)7-11(10)20(22)23/h3-4,7,16H,2,5-6,8H2,1H3,(H,24,25)/p-1. The Balaban J connectivity index is 2.12. The summed E-state index contributed by atoms with van der Waals surface area (Å²) in [7, 11) is 0. The van der Waals surface area contributed by atoms with E-state index in [4.69, 9.17) is 16.3 Å². The lowest BCUT2D eigenvalue weighted by Crippen LogP contribution is -2.35. The minimum Gasteiger partial charge on any atom is -0.755 e. The van der Waals surface area contributed by atoms with Gasteiger partial charge in [-0.1, -0.05) is 22.9 Å². The Morgan fingerprint density at radius 1 is 1.46 bits per heavy atom. The van der Waals surface area contributed by atoms with Gasteiger partial charge < -0.3 is 14.6 Å². The number of nitrogens with one attached hydrogen (secondary N) is 1. The molecule has 2 rings (SSSR count). The van der Waals surface area contributed by atoms with Crippen molar-refractivity contribution in [2.75, 3.05) is 30.5 Å². The molecule has 0 saturated heterocycles. The smallest absolute Gasteiger partial charge is 0.319 e. The fraction of sp³-hybridized carbons (Fsp3) is 0.357. The van der Waals surface area contributed by atoms with Crippen molar-refractivity contribution in [1.82, 2.24) is 15.5 Å². The van der Waals surface area contributed by atoms with Gasteiger partial charge in [-0.2, -0.15) is 0 Å². The van der Waals surface area contributed by atoms with E-state index >= 15 is 0 Å². The molecule has 0 amide bonds. The van der Waals surface area contributed by atoms with Crippen molar-refractivity contribution in [2.24, 2.45) is 0 Å². The fourth-order valence-electron chi connectivity index (χ4n) is 2.08. The van der Waals surface area contributed by atoms with Gasteiger partial charge >= 0.3 is 5.97 Å². The number of halogens is 1. The van der Waals surface area contributed by atoms with Crippen LogP contribution >= 0.6 is 22.9 Å².